The summed E-state index contributed by atoms with van der Waals surface area (Å²) in [6, 6.07) is 16.8. The number of benzene rings is 2. The van der Waals surface area contributed by atoms with E-state index in [4.69, 9.17) is 14.0 Å². The number of aryl methyl sites for hydroxylation is 1. The van der Waals surface area contributed by atoms with E-state index < -0.39 is 0 Å². The Morgan fingerprint density at radius 1 is 0.939 bits per heavy atom. The number of likely N-dealkylation sites (N-methyl/N-ethyl adjacent to an activating group) is 1. The van der Waals surface area contributed by atoms with E-state index in [1.54, 1.807) is 0 Å². The van der Waals surface area contributed by atoms with Crippen molar-refractivity contribution in [1.82, 2.24) is 15.0 Å². The van der Waals surface area contributed by atoms with E-state index in [2.05, 4.69) is 58.0 Å². The molecule has 1 fully saturated rings. The maximum Gasteiger partial charge on any atom is 0.231 e. The zero-order valence-corrected chi connectivity index (χ0v) is 19.5. The van der Waals surface area contributed by atoms with Crippen molar-refractivity contribution in [1.29, 1.82) is 0 Å². The molecule has 174 valence electrons. The largest absolute Gasteiger partial charge is 0.454 e. The van der Waals surface area contributed by atoms with Gasteiger partial charge in [0, 0.05) is 56.6 Å². The van der Waals surface area contributed by atoms with Crippen molar-refractivity contribution in [2.24, 2.45) is 0 Å². The van der Waals surface area contributed by atoms with Crippen LogP contribution < -0.4 is 14.4 Å². The van der Waals surface area contributed by atoms with Crippen LogP contribution in [0, 0.1) is 6.92 Å². The van der Waals surface area contributed by atoms with Gasteiger partial charge in [-0.25, -0.2) is 0 Å². The number of ether oxygens (including phenoxy) is 2. The summed E-state index contributed by atoms with van der Waals surface area (Å²) in [5.41, 5.74) is 4.45. The monoisotopic (exact) mass is 448 g/mol. The van der Waals surface area contributed by atoms with Crippen molar-refractivity contribution in [3.63, 3.8) is 0 Å². The molecule has 0 spiro atoms. The number of fused-ring (bicyclic) bond motifs is 1. The molecule has 0 radical (unpaired) electrons. The maximum atomic E-state index is 5.65. The van der Waals surface area contributed by atoms with Crippen LogP contribution in [-0.4, -0.2) is 67.6 Å². The molecule has 0 unspecified atom stereocenters. The molecule has 0 saturated carbocycles. The Morgan fingerprint density at radius 2 is 1.73 bits per heavy atom. The molecule has 7 nitrogen and oxygen atoms in total. The number of nitrogens with zero attached hydrogens (tertiary/aromatic N) is 4. The minimum absolute atomic E-state index is 0.273. The Labute approximate surface area is 195 Å². The summed E-state index contributed by atoms with van der Waals surface area (Å²) in [6.45, 7) is 12.8. The number of hydrogen-bond acceptors (Lipinski definition) is 7. The van der Waals surface area contributed by atoms with E-state index in [0.29, 0.717) is 0 Å². The topological polar surface area (TPSA) is 54.2 Å². The summed E-state index contributed by atoms with van der Waals surface area (Å²) < 4.78 is 16.5. The third-order valence-electron chi connectivity index (χ3n) is 6.56. The smallest absolute Gasteiger partial charge is 0.231 e. The average molecular weight is 449 g/mol. The van der Waals surface area contributed by atoms with Gasteiger partial charge in [-0.05, 0) is 43.8 Å². The minimum atomic E-state index is 0.273. The van der Waals surface area contributed by atoms with Crippen molar-refractivity contribution in [3.8, 4) is 22.8 Å². The second kappa shape index (κ2) is 9.85. The van der Waals surface area contributed by atoms with Crippen LogP contribution in [0.5, 0.6) is 11.5 Å². The van der Waals surface area contributed by atoms with Crippen molar-refractivity contribution in [2.45, 2.75) is 20.4 Å². The predicted molar refractivity (Wildman–Crippen MR) is 129 cm³/mol. The van der Waals surface area contributed by atoms with E-state index in [0.717, 1.165) is 80.9 Å². The lowest BCUT2D eigenvalue weighted by Gasteiger charge is -2.37. The zero-order valence-electron chi connectivity index (χ0n) is 19.5. The summed E-state index contributed by atoms with van der Waals surface area (Å²) in [6.07, 6.45) is 0. The molecule has 0 atom stereocenters. The van der Waals surface area contributed by atoms with Gasteiger partial charge in [0.2, 0.25) is 6.79 Å². The number of piperazine rings is 1. The highest BCUT2D eigenvalue weighted by Gasteiger charge is 2.19. The van der Waals surface area contributed by atoms with Gasteiger partial charge >= 0.3 is 0 Å². The molecule has 1 aromatic heterocycles. The van der Waals surface area contributed by atoms with Gasteiger partial charge in [0.25, 0.3) is 0 Å². The number of aromatic nitrogens is 1. The summed E-state index contributed by atoms with van der Waals surface area (Å²) in [4.78, 5) is 7.46. The second-order valence-corrected chi connectivity index (χ2v) is 8.78. The van der Waals surface area contributed by atoms with Gasteiger partial charge in [0.05, 0.1) is 6.54 Å². The van der Waals surface area contributed by atoms with Crippen molar-refractivity contribution in [3.05, 3.63) is 59.9 Å². The molecule has 33 heavy (non-hydrogen) atoms. The Bertz CT molecular complexity index is 1060. The fourth-order valence-corrected chi connectivity index (χ4v) is 4.42. The fourth-order valence-electron chi connectivity index (χ4n) is 4.42. The molecule has 0 N–H and O–H groups in total. The van der Waals surface area contributed by atoms with Gasteiger partial charge in [-0.1, -0.05) is 29.8 Å². The molecule has 1 saturated heterocycles. The summed E-state index contributed by atoms with van der Waals surface area (Å²) in [7, 11) is 0. The predicted octanol–water partition coefficient (Wildman–Crippen LogP) is 4.02. The average Bonchev–Trinajstić information content (AvgIpc) is 3.51. The van der Waals surface area contributed by atoms with E-state index >= 15 is 0 Å². The number of hydrogen-bond donors (Lipinski definition) is 0. The van der Waals surface area contributed by atoms with Gasteiger partial charge in [-0.15, -0.1) is 0 Å². The molecule has 0 bridgehead atoms. The molecule has 0 aliphatic carbocycles. The molecular formula is C26H32N4O3. The first-order valence-electron chi connectivity index (χ1n) is 11.8. The van der Waals surface area contributed by atoms with E-state index in [1.165, 1.54) is 11.3 Å². The fraction of sp³-hybridized carbons (Fsp3) is 0.423. The van der Waals surface area contributed by atoms with E-state index in [1.807, 2.05) is 24.3 Å². The summed E-state index contributed by atoms with van der Waals surface area (Å²) in [5.74, 6) is 2.42. The van der Waals surface area contributed by atoms with E-state index in [-0.39, 0.29) is 6.79 Å². The Hall–Kier alpha value is -3.03. The first kappa shape index (κ1) is 21.8. The quantitative estimate of drug-likeness (QED) is 0.516. The Balaban J connectivity index is 1.11. The van der Waals surface area contributed by atoms with Crippen molar-refractivity contribution in [2.75, 3.05) is 57.5 Å². The molecule has 3 heterocycles. The molecule has 2 aromatic carbocycles. The highest BCUT2D eigenvalue weighted by atomic mass is 16.7. The molecule has 7 heteroatoms. The summed E-state index contributed by atoms with van der Waals surface area (Å²) >= 11 is 0. The van der Waals surface area contributed by atoms with Crippen LogP contribution >= 0.6 is 0 Å². The number of anilines is 1. The van der Waals surface area contributed by atoms with Gasteiger partial charge in [-0.2, -0.15) is 0 Å². The van der Waals surface area contributed by atoms with Crippen LogP contribution in [0.4, 0.5) is 5.69 Å². The van der Waals surface area contributed by atoms with Crippen LogP contribution in [0.15, 0.2) is 53.1 Å². The van der Waals surface area contributed by atoms with Gasteiger partial charge in [0.1, 0.15) is 5.69 Å². The molecule has 0 amide bonds. The maximum absolute atomic E-state index is 5.65. The van der Waals surface area contributed by atoms with Gasteiger partial charge < -0.3 is 18.9 Å². The Morgan fingerprint density at radius 3 is 2.52 bits per heavy atom. The third kappa shape index (κ3) is 5.15. The lowest BCUT2D eigenvalue weighted by molar-refractivity contribution is 0.174. The second-order valence-electron chi connectivity index (χ2n) is 8.78. The minimum Gasteiger partial charge on any atom is -0.454 e. The van der Waals surface area contributed by atoms with Crippen LogP contribution in [0.25, 0.3) is 11.3 Å². The first-order valence-corrected chi connectivity index (χ1v) is 11.8. The van der Waals surface area contributed by atoms with Crippen LogP contribution in [0.3, 0.4) is 0 Å². The normalized spacial score (nSPS) is 16.0. The van der Waals surface area contributed by atoms with Gasteiger partial charge in [-0.3, -0.25) is 9.80 Å². The van der Waals surface area contributed by atoms with Gasteiger partial charge in [0.15, 0.2) is 17.3 Å². The highest BCUT2D eigenvalue weighted by molar-refractivity contribution is 5.64. The lowest BCUT2D eigenvalue weighted by Crippen LogP contribution is -2.48. The lowest BCUT2D eigenvalue weighted by atomic mass is 10.1. The van der Waals surface area contributed by atoms with Crippen molar-refractivity contribution < 1.29 is 14.0 Å². The van der Waals surface area contributed by atoms with Crippen LogP contribution in [-0.2, 0) is 6.54 Å². The first-order chi connectivity index (χ1) is 16.2. The highest BCUT2D eigenvalue weighted by Crippen LogP contribution is 2.35. The molecule has 3 aromatic rings. The molecule has 2 aliphatic heterocycles. The molecule has 5 rings (SSSR count). The van der Waals surface area contributed by atoms with E-state index in [9.17, 15) is 0 Å². The standard InChI is InChI=1S/C26H32N4O3/c1-3-28(10-11-29-12-14-30(15-13-29)22-7-4-20(2)5-8-22)18-23-17-24(27-33-23)21-6-9-25-26(16-21)32-19-31-25/h4-9,16-17H,3,10-15,18-19H2,1-2H3. The molecule has 2 aliphatic rings. The van der Waals surface area contributed by atoms with Crippen molar-refractivity contribution >= 4 is 5.69 Å². The Kier molecular flexibility index (Phi) is 6.51. The van der Waals surface area contributed by atoms with Crippen LogP contribution in [0.2, 0.25) is 0 Å². The SMILES string of the molecule is CCN(CCN1CCN(c2ccc(C)cc2)CC1)Cc1cc(-c2ccc3c(c2)OCO3)no1. The summed E-state index contributed by atoms with van der Waals surface area (Å²) in [5, 5.41) is 4.28. The molecular weight excluding hydrogens is 416 g/mol. The number of rotatable bonds is 8. The van der Waals surface area contributed by atoms with Crippen LogP contribution in [0.1, 0.15) is 18.2 Å². The zero-order chi connectivity index (χ0) is 22.6. The third-order valence-corrected chi connectivity index (χ3v) is 6.56.